The number of carbonyl (C=O) groups excluding carboxylic acids is 2. The standard InChI is InChI=1S/C14H16O4/c1-2-3-11-17-13(15)9-10-14(16)18-12-7-5-4-6-8-12/h4-10H,2-3,11H2,1H3/b10-9+. The van der Waals surface area contributed by atoms with Crippen LogP contribution in [-0.2, 0) is 14.3 Å². The predicted octanol–water partition coefficient (Wildman–Crippen LogP) is 2.49. The molecule has 0 fully saturated rings. The highest BCUT2D eigenvalue weighted by Gasteiger charge is 2.01. The second-order valence-corrected chi connectivity index (χ2v) is 3.59. The van der Waals surface area contributed by atoms with Crippen molar-refractivity contribution in [2.24, 2.45) is 0 Å². The molecule has 4 nitrogen and oxygen atoms in total. The molecule has 1 aromatic rings. The van der Waals surface area contributed by atoms with Gasteiger partial charge in [-0.1, -0.05) is 31.5 Å². The average Bonchev–Trinajstić information content (AvgIpc) is 2.38. The summed E-state index contributed by atoms with van der Waals surface area (Å²) in [6.07, 6.45) is 3.89. The number of para-hydroxylation sites is 1. The van der Waals surface area contributed by atoms with Crippen molar-refractivity contribution in [1.82, 2.24) is 0 Å². The summed E-state index contributed by atoms with van der Waals surface area (Å²) in [5, 5.41) is 0. The smallest absolute Gasteiger partial charge is 0.336 e. The summed E-state index contributed by atoms with van der Waals surface area (Å²) >= 11 is 0. The zero-order chi connectivity index (χ0) is 13.2. The highest BCUT2D eigenvalue weighted by molar-refractivity contribution is 5.92. The largest absolute Gasteiger partial charge is 0.463 e. The van der Waals surface area contributed by atoms with Crippen LogP contribution in [0.3, 0.4) is 0 Å². The Balaban J connectivity index is 2.33. The Hall–Kier alpha value is -2.10. The van der Waals surface area contributed by atoms with Gasteiger partial charge in [-0.3, -0.25) is 0 Å². The van der Waals surface area contributed by atoms with Crippen LogP contribution in [0.2, 0.25) is 0 Å². The minimum Gasteiger partial charge on any atom is -0.463 e. The predicted molar refractivity (Wildman–Crippen MR) is 67.1 cm³/mol. The van der Waals surface area contributed by atoms with Crippen molar-refractivity contribution in [1.29, 1.82) is 0 Å². The minimum absolute atomic E-state index is 0.368. The quantitative estimate of drug-likeness (QED) is 0.336. The highest BCUT2D eigenvalue weighted by Crippen LogP contribution is 2.08. The number of hydrogen-bond acceptors (Lipinski definition) is 4. The van der Waals surface area contributed by atoms with Crippen LogP contribution < -0.4 is 4.74 Å². The molecular weight excluding hydrogens is 232 g/mol. The van der Waals surface area contributed by atoms with Gasteiger partial charge in [-0.15, -0.1) is 0 Å². The number of ether oxygens (including phenoxy) is 2. The van der Waals surface area contributed by atoms with Crippen molar-refractivity contribution in [3.63, 3.8) is 0 Å². The van der Waals surface area contributed by atoms with E-state index in [1.807, 2.05) is 13.0 Å². The van der Waals surface area contributed by atoms with Gasteiger partial charge in [0.1, 0.15) is 5.75 Å². The van der Waals surface area contributed by atoms with Crippen LogP contribution >= 0.6 is 0 Å². The third-order valence-corrected chi connectivity index (χ3v) is 2.06. The average molecular weight is 248 g/mol. The van der Waals surface area contributed by atoms with Crippen molar-refractivity contribution in [2.75, 3.05) is 6.61 Å². The molecule has 0 aliphatic carbocycles. The summed E-state index contributed by atoms with van der Waals surface area (Å²) in [5.41, 5.74) is 0. The zero-order valence-electron chi connectivity index (χ0n) is 10.3. The summed E-state index contributed by atoms with van der Waals surface area (Å²) < 4.78 is 9.81. The Morgan fingerprint density at radius 3 is 2.44 bits per heavy atom. The van der Waals surface area contributed by atoms with Gasteiger partial charge >= 0.3 is 11.9 Å². The van der Waals surface area contributed by atoms with E-state index in [2.05, 4.69) is 0 Å². The van der Waals surface area contributed by atoms with Crippen LogP contribution in [0, 0.1) is 0 Å². The van der Waals surface area contributed by atoms with E-state index in [1.165, 1.54) is 0 Å². The number of benzene rings is 1. The van der Waals surface area contributed by atoms with Gasteiger partial charge in [-0.2, -0.15) is 0 Å². The first kappa shape index (κ1) is 14.0. The summed E-state index contributed by atoms with van der Waals surface area (Å²) in [7, 11) is 0. The van der Waals surface area contributed by atoms with E-state index < -0.39 is 11.9 Å². The molecule has 0 spiro atoms. The van der Waals surface area contributed by atoms with E-state index >= 15 is 0 Å². The van der Waals surface area contributed by atoms with Crippen LogP contribution in [0.25, 0.3) is 0 Å². The summed E-state index contributed by atoms with van der Waals surface area (Å²) in [6, 6.07) is 8.64. The molecule has 0 atom stereocenters. The first-order valence-corrected chi connectivity index (χ1v) is 5.84. The Morgan fingerprint density at radius 2 is 1.78 bits per heavy atom. The fourth-order valence-electron chi connectivity index (χ4n) is 1.14. The number of rotatable bonds is 6. The molecule has 0 amide bonds. The fraction of sp³-hybridized carbons (Fsp3) is 0.286. The summed E-state index contributed by atoms with van der Waals surface area (Å²) in [4.78, 5) is 22.5. The molecular formula is C14H16O4. The molecule has 0 bridgehead atoms. The minimum atomic E-state index is -0.603. The van der Waals surface area contributed by atoms with Crippen LogP contribution in [-0.4, -0.2) is 18.5 Å². The van der Waals surface area contributed by atoms with E-state index in [0.717, 1.165) is 25.0 Å². The van der Waals surface area contributed by atoms with Crippen molar-refractivity contribution in [3.8, 4) is 5.75 Å². The van der Waals surface area contributed by atoms with Crippen LogP contribution in [0.1, 0.15) is 19.8 Å². The lowest BCUT2D eigenvalue weighted by Crippen LogP contribution is -2.07. The van der Waals surface area contributed by atoms with E-state index in [9.17, 15) is 9.59 Å². The van der Waals surface area contributed by atoms with Gasteiger partial charge in [-0.25, -0.2) is 9.59 Å². The van der Waals surface area contributed by atoms with E-state index in [-0.39, 0.29) is 0 Å². The lowest BCUT2D eigenvalue weighted by Gasteiger charge is -2.00. The van der Waals surface area contributed by atoms with Crippen molar-refractivity contribution in [3.05, 3.63) is 42.5 Å². The van der Waals surface area contributed by atoms with Crippen LogP contribution in [0.4, 0.5) is 0 Å². The maximum Gasteiger partial charge on any atom is 0.336 e. The molecule has 0 saturated heterocycles. The Bertz CT molecular complexity index is 409. The Kier molecular flexibility index (Phi) is 6.25. The van der Waals surface area contributed by atoms with Gasteiger partial charge in [0.2, 0.25) is 0 Å². The normalized spacial score (nSPS) is 10.3. The number of unbranched alkanes of at least 4 members (excludes halogenated alkanes) is 1. The molecule has 18 heavy (non-hydrogen) atoms. The highest BCUT2D eigenvalue weighted by atomic mass is 16.5. The lowest BCUT2D eigenvalue weighted by atomic mass is 10.3. The number of carbonyl (C=O) groups is 2. The van der Waals surface area contributed by atoms with E-state index in [4.69, 9.17) is 9.47 Å². The van der Waals surface area contributed by atoms with Crippen LogP contribution in [0.5, 0.6) is 5.75 Å². The Morgan fingerprint density at radius 1 is 1.11 bits per heavy atom. The Labute approximate surface area is 106 Å². The van der Waals surface area contributed by atoms with Crippen molar-refractivity contribution >= 4 is 11.9 Å². The molecule has 1 rings (SSSR count). The first-order valence-electron chi connectivity index (χ1n) is 5.84. The van der Waals surface area contributed by atoms with E-state index in [1.54, 1.807) is 24.3 Å². The molecule has 0 N–H and O–H groups in total. The molecule has 0 aromatic heterocycles. The molecule has 1 aromatic carbocycles. The molecule has 0 aliphatic heterocycles. The monoisotopic (exact) mass is 248 g/mol. The second-order valence-electron chi connectivity index (χ2n) is 3.59. The molecule has 96 valence electrons. The second kappa shape index (κ2) is 8.06. The number of esters is 2. The molecule has 0 radical (unpaired) electrons. The number of hydrogen-bond donors (Lipinski definition) is 0. The molecule has 0 heterocycles. The van der Waals surface area contributed by atoms with Gasteiger partial charge in [0.05, 0.1) is 6.61 Å². The lowest BCUT2D eigenvalue weighted by molar-refractivity contribution is -0.138. The fourth-order valence-corrected chi connectivity index (χ4v) is 1.14. The third kappa shape index (κ3) is 5.84. The van der Waals surface area contributed by atoms with Gasteiger partial charge in [0, 0.05) is 12.2 Å². The van der Waals surface area contributed by atoms with Crippen molar-refractivity contribution < 1.29 is 19.1 Å². The summed E-state index contributed by atoms with van der Waals surface area (Å²) in [5.74, 6) is -0.700. The van der Waals surface area contributed by atoms with E-state index in [0.29, 0.717) is 12.4 Å². The molecule has 0 unspecified atom stereocenters. The van der Waals surface area contributed by atoms with Gasteiger partial charge in [-0.05, 0) is 18.6 Å². The van der Waals surface area contributed by atoms with Gasteiger partial charge in [0.25, 0.3) is 0 Å². The molecule has 4 heteroatoms. The third-order valence-electron chi connectivity index (χ3n) is 2.06. The zero-order valence-corrected chi connectivity index (χ0v) is 10.3. The maximum atomic E-state index is 11.3. The SMILES string of the molecule is CCCCOC(=O)/C=C/C(=O)Oc1ccccc1. The van der Waals surface area contributed by atoms with Gasteiger partial charge in [0.15, 0.2) is 0 Å². The van der Waals surface area contributed by atoms with Gasteiger partial charge < -0.3 is 9.47 Å². The molecule has 0 aliphatic rings. The van der Waals surface area contributed by atoms with Crippen molar-refractivity contribution in [2.45, 2.75) is 19.8 Å². The first-order chi connectivity index (χ1) is 8.72. The molecule has 0 saturated carbocycles. The summed E-state index contributed by atoms with van der Waals surface area (Å²) in [6.45, 7) is 2.37. The maximum absolute atomic E-state index is 11.3. The van der Waals surface area contributed by atoms with Crippen LogP contribution in [0.15, 0.2) is 42.5 Å². The topological polar surface area (TPSA) is 52.6 Å².